The van der Waals surface area contributed by atoms with Crippen LogP contribution in [0.2, 0.25) is 0 Å². The van der Waals surface area contributed by atoms with Crippen molar-refractivity contribution in [2.75, 3.05) is 6.54 Å². The SMILES string of the molecule is CCCCCCCCCN(O)C(C)CCC. The van der Waals surface area contributed by atoms with Crippen molar-refractivity contribution in [2.45, 2.75) is 84.6 Å². The van der Waals surface area contributed by atoms with Gasteiger partial charge in [0.15, 0.2) is 0 Å². The molecule has 0 aliphatic rings. The highest BCUT2D eigenvalue weighted by Crippen LogP contribution is 2.09. The van der Waals surface area contributed by atoms with E-state index in [4.69, 9.17) is 0 Å². The van der Waals surface area contributed by atoms with Gasteiger partial charge in [0.25, 0.3) is 0 Å². The molecule has 0 bridgehead atoms. The van der Waals surface area contributed by atoms with E-state index in [0.29, 0.717) is 6.04 Å². The molecule has 0 aliphatic carbocycles. The van der Waals surface area contributed by atoms with Gasteiger partial charge in [0.05, 0.1) is 0 Å². The molecule has 2 nitrogen and oxygen atoms in total. The molecule has 0 fully saturated rings. The van der Waals surface area contributed by atoms with E-state index < -0.39 is 0 Å². The maximum atomic E-state index is 9.72. The number of rotatable bonds is 11. The summed E-state index contributed by atoms with van der Waals surface area (Å²) in [5.41, 5.74) is 0. The third-order valence-electron chi connectivity index (χ3n) is 3.21. The predicted molar refractivity (Wildman–Crippen MR) is 70.9 cm³/mol. The smallest absolute Gasteiger partial charge is 0.0321 e. The zero-order valence-corrected chi connectivity index (χ0v) is 11.5. The lowest BCUT2D eigenvalue weighted by Crippen LogP contribution is -2.30. The topological polar surface area (TPSA) is 23.5 Å². The molecule has 1 N–H and O–H groups in total. The number of unbranched alkanes of at least 4 members (excludes halogenated alkanes) is 6. The molecule has 0 radical (unpaired) electrons. The highest BCUT2D eigenvalue weighted by atomic mass is 16.5. The molecule has 0 heterocycles. The first-order valence-electron chi connectivity index (χ1n) is 7.17. The van der Waals surface area contributed by atoms with Gasteiger partial charge in [0.2, 0.25) is 0 Å². The molecule has 0 aromatic rings. The van der Waals surface area contributed by atoms with Gasteiger partial charge in [-0.15, -0.1) is 0 Å². The van der Waals surface area contributed by atoms with Crippen LogP contribution < -0.4 is 0 Å². The van der Waals surface area contributed by atoms with Crippen LogP contribution in [0.1, 0.15) is 78.6 Å². The fourth-order valence-corrected chi connectivity index (χ4v) is 2.02. The normalized spacial score (nSPS) is 13.3. The molecule has 0 saturated carbocycles. The van der Waals surface area contributed by atoms with Gasteiger partial charge >= 0.3 is 0 Å². The lowest BCUT2D eigenvalue weighted by Gasteiger charge is -2.21. The van der Waals surface area contributed by atoms with Crippen LogP contribution in [-0.4, -0.2) is 22.9 Å². The van der Waals surface area contributed by atoms with Gasteiger partial charge in [-0.1, -0.05) is 58.8 Å². The summed E-state index contributed by atoms with van der Waals surface area (Å²) in [6, 6.07) is 0.324. The van der Waals surface area contributed by atoms with Crippen molar-refractivity contribution < 1.29 is 5.21 Å². The predicted octanol–water partition coefficient (Wildman–Crippen LogP) is 4.62. The fourth-order valence-electron chi connectivity index (χ4n) is 2.02. The minimum atomic E-state index is 0.324. The highest BCUT2D eigenvalue weighted by molar-refractivity contribution is 4.58. The molecule has 0 aromatic carbocycles. The first-order valence-corrected chi connectivity index (χ1v) is 7.17. The van der Waals surface area contributed by atoms with Crippen LogP contribution in [0.4, 0.5) is 0 Å². The second kappa shape index (κ2) is 11.4. The van der Waals surface area contributed by atoms with Crippen LogP contribution in [0, 0.1) is 0 Å². The molecule has 2 heteroatoms. The van der Waals surface area contributed by atoms with E-state index in [2.05, 4.69) is 20.8 Å². The van der Waals surface area contributed by atoms with E-state index in [9.17, 15) is 5.21 Å². The lowest BCUT2D eigenvalue weighted by molar-refractivity contribution is -0.124. The summed E-state index contributed by atoms with van der Waals surface area (Å²) in [6.45, 7) is 7.36. The zero-order valence-electron chi connectivity index (χ0n) is 11.5. The lowest BCUT2D eigenvalue weighted by atomic mass is 10.1. The Labute approximate surface area is 102 Å². The summed E-state index contributed by atoms with van der Waals surface area (Å²) in [4.78, 5) is 0. The van der Waals surface area contributed by atoms with E-state index in [1.807, 2.05) is 0 Å². The second-order valence-electron chi connectivity index (χ2n) is 4.92. The average Bonchev–Trinajstić information content (AvgIpc) is 2.28. The molecular formula is C14H31NO. The summed E-state index contributed by atoms with van der Waals surface area (Å²) < 4.78 is 0. The summed E-state index contributed by atoms with van der Waals surface area (Å²) >= 11 is 0. The fraction of sp³-hybridized carbons (Fsp3) is 1.00. The van der Waals surface area contributed by atoms with Crippen LogP contribution in [0.3, 0.4) is 0 Å². The van der Waals surface area contributed by atoms with Crippen molar-refractivity contribution >= 4 is 0 Å². The van der Waals surface area contributed by atoms with Crippen molar-refractivity contribution in [1.82, 2.24) is 5.06 Å². The largest absolute Gasteiger partial charge is 0.314 e. The Morgan fingerprint density at radius 3 is 2.00 bits per heavy atom. The maximum absolute atomic E-state index is 9.72. The van der Waals surface area contributed by atoms with Crippen molar-refractivity contribution in [1.29, 1.82) is 0 Å². The molecule has 16 heavy (non-hydrogen) atoms. The molecule has 1 atom stereocenters. The van der Waals surface area contributed by atoms with Gasteiger partial charge in [0.1, 0.15) is 0 Å². The second-order valence-corrected chi connectivity index (χ2v) is 4.92. The standard InChI is InChI=1S/C14H31NO/c1-4-6-7-8-9-10-11-13-15(16)14(3)12-5-2/h14,16H,4-13H2,1-3H3. The molecule has 0 amide bonds. The summed E-state index contributed by atoms with van der Waals surface area (Å²) in [7, 11) is 0. The Bertz CT molecular complexity index is 139. The zero-order chi connectivity index (χ0) is 12.2. The van der Waals surface area contributed by atoms with Crippen molar-refractivity contribution in [3.05, 3.63) is 0 Å². The van der Waals surface area contributed by atoms with Gasteiger partial charge in [0, 0.05) is 12.6 Å². The van der Waals surface area contributed by atoms with E-state index in [1.165, 1.54) is 43.6 Å². The van der Waals surface area contributed by atoms with Crippen LogP contribution in [0.25, 0.3) is 0 Å². The Morgan fingerprint density at radius 2 is 1.44 bits per heavy atom. The molecule has 0 aromatic heterocycles. The van der Waals surface area contributed by atoms with E-state index >= 15 is 0 Å². The van der Waals surface area contributed by atoms with Gasteiger partial charge in [-0.3, -0.25) is 0 Å². The first kappa shape index (κ1) is 15.9. The maximum Gasteiger partial charge on any atom is 0.0321 e. The molecular weight excluding hydrogens is 198 g/mol. The first-order chi connectivity index (χ1) is 7.72. The molecule has 0 aliphatic heterocycles. The van der Waals surface area contributed by atoms with E-state index in [-0.39, 0.29) is 0 Å². The number of hydroxylamine groups is 2. The molecule has 98 valence electrons. The number of nitrogens with zero attached hydrogens (tertiary/aromatic N) is 1. The Morgan fingerprint density at radius 1 is 0.875 bits per heavy atom. The summed E-state index contributed by atoms with van der Waals surface area (Å²) in [5.74, 6) is 0. The van der Waals surface area contributed by atoms with Crippen LogP contribution in [0.15, 0.2) is 0 Å². The number of hydrogen-bond donors (Lipinski definition) is 1. The van der Waals surface area contributed by atoms with E-state index in [0.717, 1.165) is 25.8 Å². The van der Waals surface area contributed by atoms with Crippen LogP contribution in [-0.2, 0) is 0 Å². The average molecular weight is 229 g/mol. The van der Waals surface area contributed by atoms with E-state index in [1.54, 1.807) is 0 Å². The van der Waals surface area contributed by atoms with Gasteiger partial charge < -0.3 is 5.21 Å². The Balaban J connectivity index is 3.23. The van der Waals surface area contributed by atoms with Crippen LogP contribution >= 0.6 is 0 Å². The van der Waals surface area contributed by atoms with Gasteiger partial charge in [-0.2, -0.15) is 5.06 Å². The molecule has 1 unspecified atom stereocenters. The van der Waals surface area contributed by atoms with Crippen molar-refractivity contribution in [3.63, 3.8) is 0 Å². The summed E-state index contributed by atoms with van der Waals surface area (Å²) in [6.07, 6.45) is 11.4. The number of hydrogen-bond acceptors (Lipinski definition) is 2. The molecule has 0 saturated heterocycles. The monoisotopic (exact) mass is 229 g/mol. The third kappa shape index (κ3) is 9.17. The Kier molecular flexibility index (Phi) is 11.3. The molecule has 0 rings (SSSR count). The van der Waals surface area contributed by atoms with Crippen LogP contribution in [0.5, 0.6) is 0 Å². The van der Waals surface area contributed by atoms with Gasteiger partial charge in [-0.05, 0) is 19.8 Å². The van der Waals surface area contributed by atoms with Crippen molar-refractivity contribution in [2.24, 2.45) is 0 Å². The van der Waals surface area contributed by atoms with Gasteiger partial charge in [-0.25, -0.2) is 0 Å². The van der Waals surface area contributed by atoms with Crippen molar-refractivity contribution in [3.8, 4) is 0 Å². The Hall–Kier alpha value is -0.0800. The molecule has 0 spiro atoms. The quantitative estimate of drug-likeness (QED) is 0.413. The minimum absolute atomic E-state index is 0.324. The highest BCUT2D eigenvalue weighted by Gasteiger charge is 2.08. The minimum Gasteiger partial charge on any atom is -0.314 e. The summed E-state index contributed by atoms with van der Waals surface area (Å²) in [5, 5.41) is 11.2. The third-order valence-corrected chi connectivity index (χ3v) is 3.21.